The van der Waals surface area contributed by atoms with Crippen LogP contribution in [-0.2, 0) is 9.59 Å². The van der Waals surface area contributed by atoms with Gasteiger partial charge in [-0.1, -0.05) is 26.2 Å². The van der Waals surface area contributed by atoms with Gasteiger partial charge in [-0.15, -0.1) is 11.8 Å². The third-order valence-corrected chi connectivity index (χ3v) is 5.23. The Morgan fingerprint density at radius 1 is 1.21 bits per heavy atom. The summed E-state index contributed by atoms with van der Waals surface area (Å²) >= 11 is 1.52. The minimum absolute atomic E-state index is 0.119. The zero-order valence-corrected chi connectivity index (χ0v) is 15.1. The van der Waals surface area contributed by atoms with Crippen LogP contribution in [0.15, 0.2) is 24.3 Å². The van der Waals surface area contributed by atoms with E-state index >= 15 is 0 Å². The molecule has 6 heteroatoms. The molecule has 2 amide bonds. The number of carbonyl (C=O) groups is 2. The number of hydrogen-bond donors (Lipinski definition) is 1. The van der Waals surface area contributed by atoms with Gasteiger partial charge in [0.05, 0.1) is 24.1 Å². The average molecular weight is 351 g/mol. The Morgan fingerprint density at radius 3 is 2.62 bits per heavy atom. The topological polar surface area (TPSA) is 74.2 Å². The van der Waals surface area contributed by atoms with Crippen LogP contribution in [0.25, 0.3) is 0 Å². The van der Waals surface area contributed by atoms with E-state index in [9.17, 15) is 9.59 Å². The van der Waals surface area contributed by atoms with Gasteiger partial charge >= 0.3 is 0 Å². The second-order valence-electron chi connectivity index (χ2n) is 5.89. The average Bonchev–Trinajstić information content (AvgIpc) is 2.87. The number of rotatable bonds is 10. The van der Waals surface area contributed by atoms with Crippen LogP contribution in [0.1, 0.15) is 39.0 Å². The van der Waals surface area contributed by atoms with Crippen molar-refractivity contribution >= 4 is 29.3 Å². The van der Waals surface area contributed by atoms with Gasteiger partial charge in [0.2, 0.25) is 11.8 Å². The molecule has 0 bridgehead atoms. The third kappa shape index (κ3) is 4.98. The molecule has 3 N–H and O–H groups in total. The van der Waals surface area contributed by atoms with Crippen LogP contribution >= 0.6 is 11.8 Å². The molecule has 1 aliphatic heterocycles. The lowest BCUT2D eigenvalue weighted by Gasteiger charge is -2.15. The molecule has 1 atom stereocenters. The Labute approximate surface area is 147 Å². The summed E-state index contributed by atoms with van der Waals surface area (Å²) < 4.78 is 5.70. The summed E-state index contributed by atoms with van der Waals surface area (Å²) in [5.74, 6) is 1.32. The zero-order valence-electron chi connectivity index (χ0n) is 14.3. The molecule has 0 spiro atoms. The van der Waals surface area contributed by atoms with E-state index in [4.69, 9.17) is 4.74 Å². The molecule has 1 heterocycles. The van der Waals surface area contributed by atoms with Crippen molar-refractivity contribution in [3.63, 3.8) is 0 Å². The van der Waals surface area contributed by atoms with Crippen LogP contribution in [0.2, 0.25) is 0 Å². The first-order valence-corrected chi connectivity index (χ1v) is 9.72. The lowest BCUT2D eigenvalue weighted by atomic mass is 10.2. The highest BCUT2D eigenvalue weighted by Crippen LogP contribution is 2.30. The Morgan fingerprint density at radius 2 is 1.96 bits per heavy atom. The standard InChI is InChI=1S/C18H26N2O3S/c1-2-3-4-5-11-23-15-8-6-14(7-9-15)20-17(21)13-16(18(20)22)24-12-10-19/h6-9,16H,2-5,10-13,19H2,1H3/p+1/t16-/m1/s1. The van der Waals surface area contributed by atoms with Crippen LogP contribution in [0.5, 0.6) is 5.75 Å². The summed E-state index contributed by atoms with van der Waals surface area (Å²) in [6.07, 6.45) is 4.94. The molecule has 0 saturated carbocycles. The Hall–Kier alpha value is -1.53. The van der Waals surface area contributed by atoms with E-state index in [1.54, 1.807) is 12.1 Å². The summed E-state index contributed by atoms with van der Waals surface area (Å²) in [6.45, 7) is 3.64. The predicted molar refractivity (Wildman–Crippen MR) is 97.2 cm³/mol. The number of hydrogen-bond acceptors (Lipinski definition) is 4. The number of carbonyl (C=O) groups excluding carboxylic acids is 2. The second-order valence-corrected chi connectivity index (χ2v) is 7.20. The van der Waals surface area contributed by atoms with Crippen LogP contribution in [0.3, 0.4) is 0 Å². The number of unbranched alkanes of at least 4 members (excludes halogenated alkanes) is 3. The molecular formula is C18H27N2O3S+. The molecule has 2 rings (SSSR count). The van der Waals surface area contributed by atoms with Gasteiger partial charge in [0.15, 0.2) is 0 Å². The lowest BCUT2D eigenvalue weighted by Crippen LogP contribution is -2.51. The van der Waals surface area contributed by atoms with Gasteiger partial charge < -0.3 is 10.5 Å². The monoisotopic (exact) mass is 351 g/mol. The van der Waals surface area contributed by atoms with Crippen molar-refractivity contribution in [1.29, 1.82) is 0 Å². The second kappa shape index (κ2) is 9.69. The van der Waals surface area contributed by atoms with Crippen molar-refractivity contribution in [3.05, 3.63) is 24.3 Å². The van der Waals surface area contributed by atoms with E-state index in [0.29, 0.717) is 12.3 Å². The Bertz CT molecular complexity index is 548. The summed E-state index contributed by atoms with van der Waals surface area (Å²) in [5.41, 5.74) is 4.40. The molecule has 1 saturated heterocycles. The molecule has 24 heavy (non-hydrogen) atoms. The minimum atomic E-state index is -0.270. The van der Waals surface area contributed by atoms with Crippen LogP contribution in [-0.4, -0.2) is 36.0 Å². The number of benzene rings is 1. The first kappa shape index (κ1) is 18.8. The maximum Gasteiger partial charge on any atom is 0.247 e. The number of amides is 2. The number of quaternary nitrogens is 1. The van der Waals surface area contributed by atoms with Crippen molar-refractivity contribution < 1.29 is 20.1 Å². The summed E-state index contributed by atoms with van der Waals surface area (Å²) in [7, 11) is 0. The molecule has 132 valence electrons. The summed E-state index contributed by atoms with van der Waals surface area (Å²) in [4.78, 5) is 25.9. The van der Waals surface area contributed by atoms with E-state index in [-0.39, 0.29) is 23.5 Å². The molecular weight excluding hydrogens is 324 g/mol. The summed E-state index contributed by atoms with van der Waals surface area (Å²) in [6, 6.07) is 7.22. The van der Waals surface area contributed by atoms with E-state index in [1.807, 2.05) is 12.1 Å². The van der Waals surface area contributed by atoms with E-state index in [0.717, 1.165) is 24.5 Å². The van der Waals surface area contributed by atoms with Crippen LogP contribution < -0.4 is 15.4 Å². The molecule has 1 aromatic carbocycles. The first-order valence-electron chi connectivity index (χ1n) is 8.68. The first-order chi connectivity index (χ1) is 11.7. The van der Waals surface area contributed by atoms with Crippen LogP contribution in [0, 0.1) is 0 Å². The highest BCUT2D eigenvalue weighted by molar-refractivity contribution is 8.00. The molecule has 1 aromatic rings. The molecule has 5 nitrogen and oxygen atoms in total. The van der Waals surface area contributed by atoms with Gasteiger partial charge in [0, 0.05) is 12.2 Å². The number of thioether (sulfide) groups is 1. The van der Waals surface area contributed by atoms with Crippen molar-refractivity contribution in [2.75, 3.05) is 23.8 Å². The number of anilines is 1. The Balaban J connectivity index is 1.90. The van der Waals surface area contributed by atoms with Gasteiger partial charge in [-0.2, -0.15) is 0 Å². The number of nitrogens with zero attached hydrogens (tertiary/aromatic N) is 1. The van der Waals surface area contributed by atoms with E-state index in [1.165, 1.54) is 35.9 Å². The lowest BCUT2D eigenvalue weighted by molar-refractivity contribution is -0.360. The van der Waals surface area contributed by atoms with Crippen LogP contribution in [0.4, 0.5) is 5.69 Å². The fourth-order valence-corrected chi connectivity index (χ4v) is 3.60. The maximum atomic E-state index is 12.4. The van der Waals surface area contributed by atoms with Gasteiger partial charge in [0.25, 0.3) is 0 Å². The van der Waals surface area contributed by atoms with Crippen molar-refractivity contribution in [1.82, 2.24) is 0 Å². The van der Waals surface area contributed by atoms with Gasteiger partial charge in [-0.05, 0) is 30.7 Å². The van der Waals surface area contributed by atoms with E-state index in [2.05, 4.69) is 12.7 Å². The normalized spacial score (nSPS) is 17.6. The zero-order chi connectivity index (χ0) is 17.4. The fraction of sp³-hybridized carbons (Fsp3) is 0.556. The quantitative estimate of drug-likeness (QED) is 0.518. The van der Waals surface area contributed by atoms with Crippen molar-refractivity contribution in [3.8, 4) is 5.75 Å². The highest BCUT2D eigenvalue weighted by Gasteiger charge is 2.39. The molecule has 0 unspecified atom stereocenters. The fourth-order valence-electron chi connectivity index (χ4n) is 2.64. The molecule has 1 aliphatic rings. The summed E-state index contributed by atoms with van der Waals surface area (Å²) in [5, 5.41) is -0.270. The molecule has 0 aromatic heterocycles. The predicted octanol–water partition coefficient (Wildman–Crippen LogP) is 2.25. The van der Waals surface area contributed by atoms with Gasteiger partial charge in [-0.3, -0.25) is 9.59 Å². The maximum absolute atomic E-state index is 12.4. The molecule has 0 aliphatic carbocycles. The van der Waals surface area contributed by atoms with Gasteiger partial charge in [0.1, 0.15) is 5.75 Å². The smallest absolute Gasteiger partial charge is 0.247 e. The SMILES string of the molecule is CCCCCCOc1ccc(N2C(=O)C[C@@H](SCC[NH3+])C2=O)cc1. The molecule has 0 radical (unpaired) electrons. The van der Waals surface area contributed by atoms with Crippen molar-refractivity contribution in [2.45, 2.75) is 44.3 Å². The largest absolute Gasteiger partial charge is 0.494 e. The number of ether oxygens (including phenoxy) is 1. The van der Waals surface area contributed by atoms with Gasteiger partial charge in [-0.25, -0.2) is 4.90 Å². The minimum Gasteiger partial charge on any atom is -0.494 e. The highest BCUT2D eigenvalue weighted by atomic mass is 32.2. The van der Waals surface area contributed by atoms with E-state index < -0.39 is 0 Å². The van der Waals surface area contributed by atoms with Crippen molar-refractivity contribution in [2.24, 2.45) is 0 Å². The third-order valence-electron chi connectivity index (χ3n) is 3.93. The molecule has 1 fully saturated rings. The number of imide groups is 1. The Kier molecular flexibility index (Phi) is 7.59.